The van der Waals surface area contributed by atoms with Gasteiger partial charge in [-0.25, -0.2) is 8.42 Å². The maximum Gasteiger partial charge on any atom is 0.271 e. The summed E-state index contributed by atoms with van der Waals surface area (Å²) >= 11 is 0. The van der Waals surface area contributed by atoms with Crippen LogP contribution in [0, 0.1) is 10.1 Å². The average molecular weight is 296 g/mol. The fraction of sp³-hybridized carbons (Fsp3) is 0.385. The summed E-state index contributed by atoms with van der Waals surface area (Å²) in [4.78, 5) is 10.3. The van der Waals surface area contributed by atoms with E-state index in [2.05, 4.69) is 0 Å². The van der Waals surface area contributed by atoms with Crippen molar-refractivity contribution < 1.29 is 13.3 Å². The number of nitro benzene ring substituents is 1. The molecule has 7 heteroatoms. The number of hydrogen-bond donors (Lipinski definition) is 0. The van der Waals surface area contributed by atoms with Gasteiger partial charge >= 0.3 is 0 Å². The molecule has 0 saturated carbocycles. The molecule has 0 spiro atoms. The Morgan fingerprint density at radius 1 is 1.25 bits per heavy atom. The van der Waals surface area contributed by atoms with Crippen LogP contribution >= 0.6 is 0 Å². The summed E-state index contributed by atoms with van der Waals surface area (Å²) in [6.45, 7) is 2.14. The first-order chi connectivity index (χ1) is 9.43. The molecule has 0 radical (unpaired) electrons. The molecule has 0 aliphatic heterocycles. The molecule has 0 N–H and O–H groups in total. The SMILES string of the molecule is CCCS(=O)(=O)CCn1ccc2ccc([N+](=O)[O-])cc21. The first-order valence-corrected chi connectivity index (χ1v) is 8.19. The van der Waals surface area contributed by atoms with E-state index in [1.807, 2.05) is 13.0 Å². The molecule has 1 aromatic heterocycles. The summed E-state index contributed by atoms with van der Waals surface area (Å²) in [5.74, 6) is 0.222. The van der Waals surface area contributed by atoms with Gasteiger partial charge < -0.3 is 4.57 Å². The van der Waals surface area contributed by atoms with E-state index in [4.69, 9.17) is 0 Å². The number of sulfone groups is 1. The van der Waals surface area contributed by atoms with Crippen LogP contribution in [-0.4, -0.2) is 29.4 Å². The van der Waals surface area contributed by atoms with Gasteiger partial charge in [-0.15, -0.1) is 0 Å². The molecule has 20 heavy (non-hydrogen) atoms. The highest BCUT2D eigenvalue weighted by molar-refractivity contribution is 7.91. The predicted octanol–water partition coefficient (Wildman–Crippen LogP) is 2.37. The van der Waals surface area contributed by atoms with Crippen molar-refractivity contribution in [3.63, 3.8) is 0 Å². The summed E-state index contributed by atoms with van der Waals surface area (Å²) in [5.41, 5.74) is 0.694. The molecule has 2 rings (SSSR count). The second-order valence-corrected chi connectivity index (χ2v) is 6.96. The lowest BCUT2D eigenvalue weighted by molar-refractivity contribution is -0.384. The Labute approximate surface area is 117 Å². The Bertz CT molecular complexity index is 734. The van der Waals surface area contributed by atoms with Gasteiger partial charge in [-0.05, 0) is 18.6 Å². The van der Waals surface area contributed by atoms with Crippen molar-refractivity contribution in [2.75, 3.05) is 11.5 Å². The average Bonchev–Trinajstić information content (AvgIpc) is 2.78. The third-order valence-corrected chi connectivity index (χ3v) is 4.96. The summed E-state index contributed by atoms with van der Waals surface area (Å²) in [6, 6.07) is 6.41. The third kappa shape index (κ3) is 3.16. The Balaban J connectivity index is 2.26. The van der Waals surface area contributed by atoms with Crippen LogP contribution in [-0.2, 0) is 16.4 Å². The second-order valence-electron chi connectivity index (χ2n) is 4.66. The molecule has 1 aromatic carbocycles. The number of hydrogen-bond acceptors (Lipinski definition) is 4. The number of aromatic nitrogens is 1. The van der Waals surface area contributed by atoms with Gasteiger partial charge in [0.05, 0.1) is 16.2 Å². The van der Waals surface area contributed by atoms with Crippen LogP contribution in [0.3, 0.4) is 0 Å². The smallest absolute Gasteiger partial charge is 0.271 e. The fourth-order valence-electron chi connectivity index (χ4n) is 2.13. The van der Waals surface area contributed by atoms with Crippen molar-refractivity contribution in [1.82, 2.24) is 4.57 Å². The van der Waals surface area contributed by atoms with Crippen LogP contribution < -0.4 is 0 Å². The van der Waals surface area contributed by atoms with Gasteiger partial charge in [-0.1, -0.05) is 6.92 Å². The van der Waals surface area contributed by atoms with Crippen LogP contribution in [0.1, 0.15) is 13.3 Å². The van der Waals surface area contributed by atoms with Gasteiger partial charge in [-0.3, -0.25) is 10.1 Å². The van der Waals surface area contributed by atoms with Crippen LogP contribution in [0.2, 0.25) is 0 Å². The fourth-order valence-corrected chi connectivity index (χ4v) is 3.43. The van der Waals surface area contributed by atoms with E-state index in [1.165, 1.54) is 12.1 Å². The molecule has 0 atom stereocenters. The number of benzene rings is 1. The zero-order chi connectivity index (χ0) is 14.8. The summed E-state index contributed by atoms with van der Waals surface area (Å²) in [7, 11) is -3.06. The minimum Gasteiger partial charge on any atom is -0.346 e. The molecular weight excluding hydrogens is 280 g/mol. The van der Waals surface area contributed by atoms with Crippen LogP contribution in [0.15, 0.2) is 30.5 Å². The molecule has 6 nitrogen and oxygen atoms in total. The maximum absolute atomic E-state index is 11.7. The molecule has 0 aliphatic rings. The largest absolute Gasteiger partial charge is 0.346 e. The molecule has 0 fully saturated rings. The number of nitrogens with zero attached hydrogens (tertiary/aromatic N) is 2. The Morgan fingerprint density at radius 3 is 2.65 bits per heavy atom. The normalized spacial score (nSPS) is 11.8. The number of fused-ring (bicyclic) bond motifs is 1. The van der Waals surface area contributed by atoms with E-state index >= 15 is 0 Å². The zero-order valence-electron chi connectivity index (χ0n) is 11.2. The van der Waals surface area contributed by atoms with Crippen molar-refractivity contribution in [3.05, 3.63) is 40.6 Å². The highest BCUT2D eigenvalue weighted by Gasteiger charge is 2.12. The maximum atomic E-state index is 11.7. The van der Waals surface area contributed by atoms with E-state index in [0.717, 1.165) is 5.39 Å². The Kier molecular flexibility index (Phi) is 4.08. The lowest BCUT2D eigenvalue weighted by atomic mass is 10.2. The molecule has 0 saturated heterocycles. The van der Waals surface area contributed by atoms with E-state index < -0.39 is 14.8 Å². The first kappa shape index (κ1) is 14.5. The van der Waals surface area contributed by atoms with E-state index in [0.29, 0.717) is 18.5 Å². The summed E-state index contributed by atoms with van der Waals surface area (Å²) < 4.78 is 25.2. The highest BCUT2D eigenvalue weighted by Crippen LogP contribution is 2.22. The standard InChI is InChI=1S/C13H16N2O4S/c1-2-8-20(18,19)9-7-14-6-5-11-3-4-12(15(16)17)10-13(11)14/h3-6,10H,2,7-9H2,1H3. The summed E-state index contributed by atoms with van der Waals surface area (Å²) in [5, 5.41) is 11.6. The second kappa shape index (κ2) is 5.62. The van der Waals surface area contributed by atoms with Crippen LogP contribution in [0.25, 0.3) is 10.9 Å². The summed E-state index contributed by atoms with van der Waals surface area (Å²) in [6.07, 6.45) is 2.36. The van der Waals surface area contributed by atoms with Crippen molar-refractivity contribution in [1.29, 1.82) is 0 Å². The molecule has 0 bridgehead atoms. The number of aryl methyl sites for hydroxylation is 1. The Morgan fingerprint density at radius 2 is 2.00 bits per heavy atom. The highest BCUT2D eigenvalue weighted by atomic mass is 32.2. The van der Waals surface area contributed by atoms with Crippen molar-refractivity contribution >= 4 is 26.4 Å². The molecule has 1 heterocycles. The molecule has 0 unspecified atom stereocenters. The lowest BCUT2D eigenvalue weighted by Gasteiger charge is -2.06. The van der Waals surface area contributed by atoms with Gasteiger partial charge in [0.25, 0.3) is 5.69 Å². The lowest BCUT2D eigenvalue weighted by Crippen LogP contribution is -2.15. The molecule has 0 amide bonds. The molecule has 0 aliphatic carbocycles. The topological polar surface area (TPSA) is 82.2 Å². The minimum absolute atomic E-state index is 0.00821. The zero-order valence-corrected chi connectivity index (χ0v) is 12.0. The number of rotatable bonds is 6. The number of non-ortho nitro benzene ring substituents is 1. The van der Waals surface area contributed by atoms with E-state index in [1.54, 1.807) is 16.8 Å². The van der Waals surface area contributed by atoms with E-state index in [9.17, 15) is 18.5 Å². The van der Waals surface area contributed by atoms with Gasteiger partial charge in [0, 0.05) is 36.0 Å². The molecule has 2 aromatic rings. The third-order valence-electron chi connectivity index (χ3n) is 3.13. The van der Waals surface area contributed by atoms with Crippen molar-refractivity contribution in [3.8, 4) is 0 Å². The van der Waals surface area contributed by atoms with Crippen molar-refractivity contribution in [2.45, 2.75) is 19.9 Å². The van der Waals surface area contributed by atoms with Crippen molar-refractivity contribution in [2.24, 2.45) is 0 Å². The van der Waals surface area contributed by atoms with Crippen LogP contribution in [0.4, 0.5) is 5.69 Å². The van der Waals surface area contributed by atoms with Crippen LogP contribution in [0.5, 0.6) is 0 Å². The van der Waals surface area contributed by atoms with Gasteiger partial charge in [0.1, 0.15) is 0 Å². The first-order valence-electron chi connectivity index (χ1n) is 6.36. The van der Waals surface area contributed by atoms with E-state index in [-0.39, 0.29) is 17.2 Å². The number of nitro groups is 1. The molecular formula is C13H16N2O4S. The monoisotopic (exact) mass is 296 g/mol. The van der Waals surface area contributed by atoms with Gasteiger partial charge in [-0.2, -0.15) is 0 Å². The minimum atomic E-state index is -3.06. The Hall–Kier alpha value is -1.89. The predicted molar refractivity (Wildman–Crippen MR) is 77.5 cm³/mol. The van der Waals surface area contributed by atoms with Gasteiger partial charge in [0.2, 0.25) is 0 Å². The quantitative estimate of drug-likeness (QED) is 0.605. The molecule has 108 valence electrons. The van der Waals surface area contributed by atoms with Gasteiger partial charge in [0.15, 0.2) is 9.84 Å².